The molecule has 0 aromatic heterocycles. The van der Waals surface area contributed by atoms with Gasteiger partial charge < -0.3 is 10.4 Å². The number of hydrogen-bond acceptors (Lipinski definition) is 3. The van der Waals surface area contributed by atoms with Crippen molar-refractivity contribution in [1.29, 1.82) is 0 Å². The van der Waals surface area contributed by atoms with Crippen LogP contribution in [0.15, 0.2) is 84.0 Å². The van der Waals surface area contributed by atoms with E-state index >= 15 is 0 Å². The number of carbonyl (C=O) groups excluding carboxylic acids is 1. The molecule has 0 saturated heterocycles. The summed E-state index contributed by atoms with van der Waals surface area (Å²) in [6.45, 7) is 9.97. The van der Waals surface area contributed by atoms with Gasteiger partial charge in [-0.3, -0.25) is 9.79 Å². The molecule has 0 spiro atoms. The molecule has 2 aromatic rings. The predicted octanol–water partition coefficient (Wildman–Crippen LogP) is 6.32. The average Bonchev–Trinajstić information content (AvgIpc) is 3.60. The normalized spacial score (nSPS) is 16.1. The van der Waals surface area contributed by atoms with Crippen molar-refractivity contribution in [2.45, 2.75) is 44.6 Å². The van der Waals surface area contributed by atoms with Crippen LogP contribution < -0.4 is 5.32 Å². The monoisotopic (exact) mass is 482 g/mol. The smallest absolute Gasteiger partial charge is 0.270 e. The van der Waals surface area contributed by atoms with Crippen LogP contribution >= 0.6 is 0 Å². The Morgan fingerprint density at radius 1 is 1.23 bits per heavy atom. The highest BCUT2D eigenvalue weighted by molar-refractivity contribution is 5.83. The van der Waals surface area contributed by atoms with Gasteiger partial charge in [-0.25, -0.2) is 13.2 Å². The molecular formula is C28H29F3N2O2. The first-order chi connectivity index (χ1) is 16.4. The molecule has 0 bridgehead atoms. The Labute approximate surface area is 203 Å². The Hall–Kier alpha value is -3.61. The number of benzene rings is 2. The van der Waals surface area contributed by atoms with Gasteiger partial charge in [-0.05, 0) is 72.9 Å². The van der Waals surface area contributed by atoms with Crippen LogP contribution in [0.2, 0.25) is 0 Å². The van der Waals surface area contributed by atoms with E-state index in [2.05, 4.69) is 23.5 Å². The van der Waals surface area contributed by atoms with E-state index < -0.39 is 22.8 Å². The van der Waals surface area contributed by atoms with Crippen molar-refractivity contribution >= 4 is 12.1 Å². The second kappa shape index (κ2) is 10.3. The third kappa shape index (κ3) is 6.50. The molecule has 3 rings (SSSR count). The zero-order valence-electron chi connectivity index (χ0n) is 19.8. The van der Waals surface area contributed by atoms with Gasteiger partial charge in [-0.2, -0.15) is 0 Å². The highest BCUT2D eigenvalue weighted by atomic mass is 19.3. The van der Waals surface area contributed by atoms with Gasteiger partial charge in [0.05, 0.1) is 5.70 Å². The number of aliphatic imine (C=N–C) groups is 1. The maximum Gasteiger partial charge on any atom is 0.270 e. The number of amides is 1. The molecule has 1 fully saturated rings. The largest absolute Gasteiger partial charge is 0.508 e. The molecule has 0 unspecified atom stereocenters. The maximum absolute atomic E-state index is 14.8. The molecule has 35 heavy (non-hydrogen) atoms. The van der Waals surface area contributed by atoms with Gasteiger partial charge >= 0.3 is 0 Å². The quantitative estimate of drug-likeness (QED) is 0.307. The van der Waals surface area contributed by atoms with Crippen molar-refractivity contribution in [3.05, 3.63) is 102 Å². The van der Waals surface area contributed by atoms with Crippen molar-refractivity contribution in [2.24, 2.45) is 10.9 Å². The molecule has 7 heteroatoms. The number of rotatable bonds is 10. The van der Waals surface area contributed by atoms with Gasteiger partial charge in [0.1, 0.15) is 17.1 Å². The topological polar surface area (TPSA) is 61.7 Å². The highest BCUT2D eigenvalue weighted by Gasteiger charge is 2.43. The minimum Gasteiger partial charge on any atom is -0.508 e. The van der Waals surface area contributed by atoms with Crippen LogP contribution in [-0.2, 0) is 22.7 Å². The van der Waals surface area contributed by atoms with Crippen molar-refractivity contribution in [3.8, 4) is 5.75 Å². The number of nitrogens with zero attached hydrogens (tertiary/aromatic N) is 1. The van der Waals surface area contributed by atoms with E-state index in [1.54, 1.807) is 25.1 Å². The summed E-state index contributed by atoms with van der Waals surface area (Å²) < 4.78 is 43.4. The Kier molecular flexibility index (Phi) is 7.68. The molecule has 2 aromatic carbocycles. The summed E-state index contributed by atoms with van der Waals surface area (Å²) in [7, 11) is 0. The van der Waals surface area contributed by atoms with Crippen LogP contribution in [0.4, 0.5) is 13.2 Å². The zero-order valence-corrected chi connectivity index (χ0v) is 19.8. The van der Waals surface area contributed by atoms with Crippen LogP contribution in [-0.4, -0.2) is 17.2 Å². The Morgan fingerprint density at radius 3 is 2.49 bits per heavy atom. The first kappa shape index (κ1) is 26.0. The summed E-state index contributed by atoms with van der Waals surface area (Å²) in [5, 5.41) is 13.1. The lowest BCUT2D eigenvalue weighted by atomic mass is 9.79. The number of phenols is 1. The number of allylic oxidation sites excluding steroid dienone is 3. The predicted molar refractivity (Wildman–Crippen MR) is 132 cm³/mol. The summed E-state index contributed by atoms with van der Waals surface area (Å²) >= 11 is 0. The third-order valence-corrected chi connectivity index (χ3v) is 5.70. The Balaban J connectivity index is 2.35. The number of aromatic hydroxyl groups is 1. The van der Waals surface area contributed by atoms with E-state index in [4.69, 9.17) is 0 Å². The first-order valence-corrected chi connectivity index (χ1v) is 11.3. The fraction of sp³-hybridized carbons (Fsp3) is 0.286. The van der Waals surface area contributed by atoms with Crippen LogP contribution in [0.25, 0.3) is 0 Å². The lowest BCUT2D eigenvalue weighted by Crippen LogP contribution is -2.49. The zero-order chi connectivity index (χ0) is 25.8. The lowest BCUT2D eigenvalue weighted by Gasteiger charge is -2.37. The summed E-state index contributed by atoms with van der Waals surface area (Å²) in [4.78, 5) is 17.7. The fourth-order valence-electron chi connectivity index (χ4n) is 3.83. The van der Waals surface area contributed by atoms with E-state index in [-0.39, 0.29) is 35.3 Å². The summed E-state index contributed by atoms with van der Waals surface area (Å²) in [6.07, 6.45) is 5.88. The number of carbonyl (C=O) groups is 1. The number of halogens is 3. The number of nitrogens with one attached hydrogen (secondary N) is 1. The minimum atomic E-state index is -3.32. The van der Waals surface area contributed by atoms with E-state index in [1.165, 1.54) is 30.5 Å². The highest BCUT2D eigenvalue weighted by Crippen LogP contribution is 2.40. The van der Waals surface area contributed by atoms with Crippen molar-refractivity contribution in [2.75, 3.05) is 0 Å². The standard InChI is InChI=1S/C28H29F3N2O2/c1-5-7-25(32-17-18(2)3)28(33-26(35)20-10-11-20,16-19-8-6-9-24(34)12-19)22-13-21(27(4,30)31)14-23(29)15-22/h5-9,12-15,17,20,34H,1-2,10-11,16H2,3-4H3,(H,33,35)/b25-7-,32-17?/t28-/m0/s1. The minimum absolute atomic E-state index is 0.00520. The van der Waals surface area contributed by atoms with E-state index in [1.807, 2.05) is 0 Å². The Bertz CT molecular complexity index is 1190. The maximum atomic E-state index is 14.8. The van der Waals surface area contributed by atoms with Gasteiger partial charge in [0.2, 0.25) is 5.91 Å². The summed E-state index contributed by atoms with van der Waals surface area (Å²) in [6, 6.07) is 9.43. The van der Waals surface area contributed by atoms with Gasteiger partial charge in [0.25, 0.3) is 5.92 Å². The van der Waals surface area contributed by atoms with Gasteiger partial charge in [-0.15, -0.1) is 0 Å². The van der Waals surface area contributed by atoms with E-state index in [9.17, 15) is 23.1 Å². The molecule has 1 aliphatic carbocycles. The molecule has 4 nitrogen and oxygen atoms in total. The van der Waals surface area contributed by atoms with Crippen LogP contribution in [0, 0.1) is 11.7 Å². The molecule has 2 N–H and O–H groups in total. The number of phenolic OH excluding ortho intramolecular Hbond substituents is 1. The fourth-order valence-corrected chi connectivity index (χ4v) is 3.83. The average molecular weight is 483 g/mol. The molecule has 184 valence electrons. The second-order valence-electron chi connectivity index (χ2n) is 9.02. The second-order valence-corrected chi connectivity index (χ2v) is 9.02. The lowest BCUT2D eigenvalue weighted by molar-refractivity contribution is -0.124. The van der Waals surface area contributed by atoms with Crippen LogP contribution in [0.5, 0.6) is 5.75 Å². The summed E-state index contributed by atoms with van der Waals surface area (Å²) in [5.41, 5.74) is -0.539. The van der Waals surface area contributed by atoms with Crippen molar-refractivity contribution in [3.63, 3.8) is 0 Å². The first-order valence-electron chi connectivity index (χ1n) is 11.3. The molecule has 1 atom stereocenters. The van der Waals surface area contributed by atoms with E-state index in [0.717, 1.165) is 12.1 Å². The van der Waals surface area contributed by atoms with Crippen LogP contribution in [0.1, 0.15) is 43.4 Å². The molecule has 0 aliphatic heterocycles. The third-order valence-electron chi connectivity index (χ3n) is 5.70. The van der Waals surface area contributed by atoms with Gasteiger partial charge in [-0.1, -0.05) is 31.4 Å². The van der Waals surface area contributed by atoms with Crippen LogP contribution in [0.3, 0.4) is 0 Å². The number of alkyl halides is 2. The Morgan fingerprint density at radius 2 is 1.91 bits per heavy atom. The molecule has 1 aliphatic rings. The van der Waals surface area contributed by atoms with Crippen molar-refractivity contribution < 1.29 is 23.1 Å². The van der Waals surface area contributed by atoms with Crippen molar-refractivity contribution in [1.82, 2.24) is 5.32 Å². The van der Waals surface area contributed by atoms with Gasteiger partial charge in [0, 0.05) is 31.0 Å². The van der Waals surface area contributed by atoms with Gasteiger partial charge in [0.15, 0.2) is 0 Å². The molecule has 1 amide bonds. The molecule has 1 saturated carbocycles. The number of hydrogen-bond donors (Lipinski definition) is 2. The van der Waals surface area contributed by atoms with E-state index in [0.29, 0.717) is 30.9 Å². The molecule has 0 heterocycles. The molecular weight excluding hydrogens is 453 g/mol. The summed E-state index contributed by atoms with van der Waals surface area (Å²) in [5.74, 6) is -4.72. The SMILES string of the molecule is C=C/C=C(\N=CC(=C)C)[C@@](Cc1cccc(O)c1)(NC(=O)C1CC1)c1cc(F)cc(C(C)(F)F)c1. The molecule has 0 radical (unpaired) electrons.